The van der Waals surface area contributed by atoms with Crippen LogP contribution in [0.3, 0.4) is 0 Å². The molecule has 3 atom stereocenters. The molecule has 2 saturated carbocycles. The molecule has 1 aliphatic heterocycles. The number of nitro benzene ring substituents is 1. The molecule has 6 nitrogen and oxygen atoms in total. The normalized spacial score (nSPS) is 30.1. The van der Waals surface area contributed by atoms with Gasteiger partial charge in [-0.25, -0.2) is 0 Å². The summed E-state index contributed by atoms with van der Waals surface area (Å²) >= 11 is 0. The van der Waals surface area contributed by atoms with E-state index in [4.69, 9.17) is 0 Å². The molecule has 1 aromatic carbocycles. The van der Waals surface area contributed by atoms with E-state index in [0.29, 0.717) is 17.4 Å². The topological polar surface area (TPSA) is 80.5 Å². The first-order valence-corrected chi connectivity index (χ1v) is 7.22. The Morgan fingerprint density at radius 3 is 2.48 bits per heavy atom. The SMILES string of the molecule is O=C1c2ccc([N+](=O)[O-])cc2C(=O)N1[C@@H]1C[C@@H]2CC[C@@H]1C2. The van der Waals surface area contributed by atoms with Gasteiger partial charge in [-0.05, 0) is 37.2 Å². The van der Waals surface area contributed by atoms with Crippen LogP contribution in [0.4, 0.5) is 5.69 Å². The Morgan fingerprint density at radius 1 is 1.10 bits per heavy atom. The number of amides is 2. The summed E-state index contributed by atoms with van der Waals surface area (Å²) in [5.41, 5.74) is 0.329. The summed E-state index contributed by atoms with van der Waals surface area (Å²) in [7, 11) is 0. The molecule has 2 amide bonds. The van der Waals surface area contributed by atoms with Crippen LogP contribution in [0.1, 0.15) is 46.4 Å². The average molecular weight is 286 g/mol. The first-order chi connectivity index (χ1) is 10.1. The third-order valence-corrected chi connectivity index (χ3v) is 5.14. The van der Waals surface area contributed by atoms with Crippen molar-refractivity contribution in [2.75, 3.05) is 0 Å². The predicted octanol–water partition coefficient (Wildman–Crippen LogP) is 2.38. The molecule has 6 heteroatoms. The van der Waals surface area contributed by atoms with Gasteiger partial charge in [0.15, 0.2) is 0 Å². The molecule has 21 heavy (non-hydrogen) atoms. The highest BCUT2D eigenvalue weighted by Gasteiger charge is 2.49. The molecule has 4 rings (SSSR count). The van der Waals surface area contributed by atoms with E-state index in [9.17, 15) is 19.7 Å². The largest absolute Gasteiger partial charge is 0.271 e. The number of carbonyl (C=O) groups is 2. The second-order valence-electron chi connectivity index (χ2n) is 6.21. The molecule has 0 spiro atoms. The van der Waals surface area contributed by atoms with Crippen molar-refractivity contribution in [1.29, 1.82) is 0 Å². The number of fused-ring (bicyclic) bond motifs is 3. The summed E-state index contributed by atoms with van der Waals surface area (Å²) in [6.07, 6.45) is 4.25. The van der Waals surface area contributed by atoms with Gasteiger partial charge in [-0.2, -0.15) is 0 Å². The minimum Gasteiger partial charge on any atom is -0.271 e. The molecular formula is C15H14N2O4. The van der Waals surface area contributed by atoms with E-state index in [0.717, 1.165) is 19.3 Å². The van der Waals surface area contributed by atoms with Crippen molar-refractivity contribution >= 4 is 17.5 Å². The highest BCUT2D eigenvalue weighted by Crippen LogP contribution is 2.48. The van der Waals surface area contributed by atoms with Gasteiger partial charge in [0, 0.05) is 18.2 Å². The van der Waals surface area contributed by atoms with Gasteiger partial charge in [-0.15, -0.1) is 0 Å². The summed E-state index contributed by atoms with van der Waals surface area (Å²) in [5.74, 6) is 0.379. The molecule has 1 aromatic rings. The van der Waals surface area contributed by atoms with Gasteiger partial charge in [0.05, 0.1) is 16.1 Å². The Kier molecular flexibility index (Phi) is 2.46. The number of hydrogen-bond donors (Lipinski definition) is 0. The zero-order valence-corrected chi connectivity index (χ0v) is 11.3. The van der Waals surface area contributed by atoms with Crippen LogP contribution in [0, 0.1) is 22.0 Å². The van der Waals surface area contributed by atoms with Crippen LogP contribution >= 0.6 is 0 Å². The zero-order chi connectivity index (χ0) is 14.7. The molecule has 0 saturated heterocycles. The summed E-state index contributed by atoms with van der Waals surface area (Å²) in [4.78, 5) is 36.7. The number of benzene rings is 1. The summed E-state index contributed by atoms with van der Waals surface area (Å²) < 4.78 is 0. The minimum absolute atomic E-state index is 0.0183. The number of imide groups is 1. The van der Waals surface area contributed by atoms with E-state index < -0.39 is 4.92 Å². The van der Waals surface area contributed by atoms with E-state index in [1.807, 2.05) is 0 Å². The van der Waals surface area contributed by atoms with Crippen molar-refractivity contribution in [3.05, 3.63) is 39.4 Å². The minimum atomic E-state index is -0.543. The second kappa shape index (κ2) is 4.13. The van der Waals surface area contributed by atoms with Gasteiger partial charge < -0.3 is 0 Å². The predicted molar refractivity (Wildman–Crippen MR) is 72.8 cm³/mol. The van der Waals surface area contributed by atoms with Crippen LogP contribution in [0.2, 0.25) is 0 Å². The number of hydrogen-bond acceptors (Lipinski definition) is 4. The van der Waals surface area contributed by atoms with Crippen LogP contribution in [0.15, 0.2) is 18.2 Å². The standard InChI is InChI=1S/C15H14N2O4/c18-14-11-4-3-10(17(20)21)7-12(11)15(19)16(14)13-6-8-1-2-9(13)5-8/h3-4,7-9,13H,1-2,5-6H2/t8-,9-,13-/m1/s1. The summed E-state index contributed by atoms with van der Waals surface area (Å²) in [6, 6.07) is 3.90. The Labute approximate surface area is 120 Å². The number of nitrogens with zero attached hydrogens (tertiary/aromatic N) is 2. The second-order valence-corrected chi connectivity index (χ2v) is 6.21. The third-order valence-electron chi connectivity index (χ3n) is 5.14. The Bertz CT molecular complexity index is 684. The van der Waals surface area contributed by atoms with Crippen LogP contribution in [-0.4, -0.2) is 27.7 Å². The third kappa shape index (κ3) is 1.65. The molecule has 1 heterocycles. The van der Waals surface area contributed by atoms with Crippen LogP contribution < -0.4 is 0 Å². The highest BCUT2D eigenvalue weighted by molar-refractivity contribution is 6.21. The maximum atomic E-state index is 12.5. The maximum absolute atomic E-state index is 12.5. The molecule has 2 aliphatic carbocycles. The molecule has 0 aromatic heterocycles. The van der Waals surface area contributed by atoms with Gasteiger partial charge >= 0.3 is 0 Å². The van der Waals surface area contributed by atoms with Gasteiger partial charge in [-0.1, -0.05) is 6.42 Å². The number of non-ortho nitro benzene ring substituents is 1. The molecule has 3 aliphatic rings. The first kappa shape index (κ1) is 12.5. The van der Waals surface area contributed by atoms with Crippen molar-refractivity contribution in [3.8, 4) is 0 Å². The van der Waals surface area contributed by atoms with Crippen molar-refractivity contribution in [1.82, 2.24) is 4.90 Å². The van der Waals surface area contributed by atoms with Crippen molar-refractivity contribution in [3.63, 3.8) is 0 Å². The number of nitro groups is 1. The number of rotatable bonds is 2. The highest BCUT2D eigenvalue weighted by atomic mass is 16.6. The lowest BCUT2D eigenvalue weighted by Crippen LogP contribution is -2.42. The lowest BCUT2D eigenvalue weighted by molar-refractivity contribution is -0.384. The lowest BCUT2D eigenvalue weighted by Gasteiger charge is -2.29. The van der Waals surface area contributed by atoms with Crippen LogP contribution in [0.25, 0.3) is 0 Å². The number of carbonyl (C=O) groups excluding carboxylic acids is 2. The Hall–Kier alpha value is -2.24. The smallest absolute Gasteiger partial charge is 0.270 e. The van der Waals surface area contributed by atoms with E-state index >= 15 is 0 Å². The van der Waals surface area contributed by atoms with Gasteiger partial charge in [0.25, 0.3) is 17.5 Å². The van der Waals surface area contributed by atoms with E-state index in [1.54, 1.807) is 0 Å². The Morgan fingerprint density at radius 2 is 1.86 bits per heavy atom. The monoisotopic (exact) mass is 286 g/mol. The van der Waals surface area contributed by atoms with Crippen molar-refractivity contribution in [2.45, 2.75) is 31.7 Å². The maximum Gasteiger partial charge on any atom is 0.270 e. The molecule has 0 radical (unpaired) electrons. The van der Waals surface area contributed by atoms with E-state index in [1.165, 1.54) is 29.5 Å². The fraction of sp³-hybridized carbons (Fsp3) is 0.467. The first-order valence-electron chi connectivity index (χ1n) is 7.22. The van der Waals surface area contributed by atoms with E-state index in [-0.39, 0.29) is 29.1 Å². The zero-order valence-electron chi connectivity index (χ0n) is 11.3. The lowest BCUT2D eigenvalue weighted by atomic mass is 9.94. The quantitative estimate of drug-likeness (QED) is 0.475. The van der Waals surface area contributed by atoms with Crippen molar-refractivity contribution in [2.24, 2.45) is 11.8 Å². The molecule has 108 valence electrons. The average Bonchev–Trinajstić information content (AvgIpc) is 3.14. The van der Waals surface area contributed by atoms with E-state index in [2.05, 4.69) is 0 Å². The Balaban J connectivity index is 1.72. The molecular weight excluding hydrogens is 272 g/mol. The van der Waals surface area contributed by atoms with Crippen molar-refractivity contribution < 1.29 is 14.5 Å². The van der Waals surface area contributed by atoms with Gasteiger partial charge in [-0.3, -0.25) is 24.6 Å². The van der Waals surface area contributed by atoms with Gasteiger partial charge in [0.2, 0.25) is 0 Å². The summed E-state index contributed by atoms with van der Waals surface area (Å²) in [6.45, 7) is 0. The summed E-state index contributed by atoms with van der Waals surface area (Å²) in [5, 5.41) is 10.8. The molecule has 2 bridgehead atoms. The van der Waals surface area contributed by atoms with Gasteiger partial charge in [0.1, 0.15) is 0 Å². The van der Waals surface area contributed by atoms with Crippen LogP contribution in [-0.2, 0) is 0 Å². The molecule has 2 fully saturated rings. The molecule has 0 N–H and O–H groups in total. The fourth-order valence-corrected chi connectivity index (χ4v) is 4.19. The molecule has 0 unspecified atom stereocenters. The fourth-order valence-electron chi connectivity index (χ4n) is 4.19. The van der Waals surface area contributed by atoms with Crippen LogP contribution in [0.5, 0.6) is 0 Å².